The molecular weight excluding hydrogens is 231 g/mol. The largest absolute Gasteiger partial charge is 0.493 e. The molecule has 0 bridgehead atoms. The van der Waals surface area contributed by atoms with E-state index >= 15 is 0 Å². The summed E-state index contributed by atoms with van der Waals surface area (Å²) < 4.78 is 19.5. The molecule has 1 atom stereocenters. The van der Waals surface area contributed by atoms with Gasteiger partial charge in [0.15, 0.2) is 0 Å². The third-order valence-electron chi connectivity index (χ3n) is 2.89. The van der Waals surface area contributed by atoms with Gasteiger partial charge in [0.25, 0.3) is 0 Å². The Bertz CT molecular complexity index is 369. The van der Waals surface area contributed by atoms with Crippen molar-refractivity contribution in [2.24, 2.45) is 0 Å². The van der Waals surface area contributed by atoms with Gasteiger partial charge >= 0.3 is 0 Å². The van der Waals surface area contributed by atoms with Gasteiger partial charge in [-0.1, -0.05) is 6.07 Å². The van der Waals surface area contributed by atoms with Crippen LogP contribution in [0.2, 0.25) is 0 Å². The van der Waals surface area contributed by atoms with E-state index < -0.39 is 0 Å². The molecule has 0 aliphatic heterocycles. The van der Waals surface area contributed by atoms with Crippen molar-refractivity contribution in [1.29, 1.82) is 0 Å². The lowest BCUT2D eigenvalue weighted by Crippen LogP contribution is -2.18. The lowest BCUT2D eigenvalue weighted by Gasteiger charge is -2.17. The van der Waals surface area contributed by atoms with Crippen LogP contribution in [0.3, 0.4) is 0 Å². The maximum Gasteiger partial charge on any atom is 0.131 e. The normalized spacial score (nSPS) is 12.8. The van der Waals surface area contributed by atoms with Gasteiger partial charge in [0.05, 0.1) is 6.61 Å². The number of halogens is 1. The summed E-state index contributed by atoms with van der Waals surface area (Å²) in [5.41, 5.74) is 0.602. The predicted octanol–water partition coefficient (Wildman–Crippen LogP) is 2.44. The highest BCUT2D eigenvalue weighted by Gasteiger charge is 2.15. The highest BCUT2D eigenvalue weighted by atomic mass is 19.1. The van der Waals surface area contributed by atoms with E-state index in [1.165, 1.54) is 6.07 Å². The molecule has 4 heteroatoms. The lowest BCUT2D eigenvalue weighted by molar-refractivity contribution is 0.276. The van der Waals surface area contributed by atoms with Crippen molar-refractivity contribution >= 4 is 0 Å². The van der Waals surface area contributed by atoms with E-state index in [0.29, 0.717) is 17.9 Å². The van der Waals surface area contributed by atoms with Crippen LogP contribution in [0.4, 0.5) is 4.39 Å². The fraction of sp³-hybridized carbons (Fsp3) is 0.571. The zero-order valence-electron chi connectivity index (χ0n) is 11.7. The molecule has 0 aliphatic rings. The van der Waals surface area contributed by atoms with Crippen molar-refractivity contribution in [3.8, 4) is 5.75 Å². The third kappa shape index (κ3) is 4.27. The Morgan fingerprint density at radius 2 is 2.11 bits per heavy atom. The highest BCUT2D eigenvalue weighted by molar-refractivity contribution is 5.36. The van der Waals surface area contributed by atoms with Crippen LogP contribution in [-0.4, -0.2) is 39.2 Å². The molecule has 0 radical (unpaired) electrons. The molecule has 0 aliphatic carbocycles. The Kier molecular flexibility index (Phi) is 6.09. The van der Waals surface area contributed by atoms with Crippen molar-refractivity contribution < 1.29 is 9.13 Å². The van der Waals surface area contributed by atoms with Gasteiger partial charge in [-0.15, -0.1) is 0 Å². The zero-order chi connectivity index (χ0) is 13.5. The van der Waals surface area contributed by atoms with Crippen molar-refractivity contribution in [1.82, 2.24) is 10.2 Å². The average molecular weight is 254 g/mol. The van der Waals surface area contributed by atoms with Gasteiger partial charge in [-0.2, -0.15) is 0 Å². The molecule has 102 valence electrons. The first-order chi connectivity index (χ1) is 8.56. The second-order valence-electron chi connectivity index (χ2n) is 4.67. The van der Waals surface area contributed by atoms with Crippen molar-refractivity contribution in [2.75, 3.05) is 34.3 Å². The predicted molar refractivity (Wildman–Crippen MR) is 72.5 cm³/mol. The van der Waals surface area contributed by atoms with Crippen molar-refractivity contribution in [3.63, 3.8) is 0 Å². The zero-order valence-corrected chi connectivity index (χ0v) is 11.7. The molecular formula is C14H23FN2O. The molecule has 0 saturated carbocycles. The fourth-order valence-electron chi connectivity index (χ4n) is 1.77. The first-order valence-corrected chi connectivity index (χ1v) is 6.29. The van der Waals surface area contributed by atoms with E-state index in [1.54, 1.807) is 6.07 Å². The molecule has 1 unspecified atom stereocenters. The van der Waals surface area contributed by atoms with E-state index in [4.69, 9.17) is 4.74 Å². The third-order valence-corrected chi connectivity index (χ3v) is 2.89. The fourth-order valence-corrected chi connectivity index (χ4v) is 1.77. The Hall–Kier alpha value is -1.13. The molecule has 1 N–H and O–H groups in total. The first kappa shape index (κ1) is 14.9. The minimum Gasteiger partial charge on any atom is -0.493 e. The van der Waals surface area contributed by atoms with Gasteiger partial charge in [-0.05, 0) is 46.6 Å². The van der Waals surface area contributed by atoms with Gasteiger partial charge < -0.3 is 15.0 Å². The molecule has 3 nitrogen and oxygen atoms in total. The average Bonchev–Trinajstić information content (AvgIpc) is 2.33. The van der Waals surface area contributed by atoms with Crippen LogP contribution in [0.15, 0.2) is 18.2 Å². The Morgan fingerprint density at radius 1 is 1.39 bits per heavy atom. The summed E-state index contributed by atoms with van der Waals surface area (Å²) in [4.78, 5) is 2.10. The van der Waals surface area contributed by atoms with Crippen LogP contribution in [-0.2, 0) is 0 Å². The highest BCUT2D eigenvalue weighted by Crippen LogP contribution is 2.27. The Morgan fingerprint density at radius 3 is 2.72 bits per heavy atom. The van der Waals surface area contributed by atoms with E-state index in [9.17, 15) is 4.39 Å². The standard InChI is InChI=1S/C14H23FN2O/c1-11(16-2)14-12(15)7-5-8-13(14)18-10-6-9-17(3)4/h5,7-8,11,16H,6,9-10H2,1-4H3. The molecule has 0 saturated heterocycles. The van der Waals surface area contributed by atoms with Crippen LogP contribution >= 0.6 is 0 Å². The van der Waals surface area contributed by atoms with Crippen molar-refractivity contribution in [2.45, 2.75) is 19.4 Å². The maximum absolute atomic E-state index is 13.8. The van der Waals surface area contributed by atoms with Crippen LogP contribution in [0.5, 0.6) is 5.75 Å². The quantitative estimate of drug-likeness (QED) is 0.756. The van der Waals surface area contributed by atoms with Crippen LogP contribution in [0.1, 0.15) is 24.9 Å². The summed E-state index contributed by atoms with van der Waals surface area (Å²) in [6, 6.07) is 4.91. The number of nitrogens with zero attached hydrogens (tertiary/aromatic N) is 1. The topological polar surface area (TPSA) is 24.5 Å². The van der Waals surface area contributed by atoms with E-state index in [0.717, 1.165) is 13.0 Å². The Labute approximate surface area is 109 Å². The van der Waals surface area contributed by atoms with E-state index in [-0.39, 0.29) is 11.9 Å². The molecule has 0 aromatic heterocycles. The van der Waals surface area contributed by atoms with Crippen LogP contribution < -0.4 is 10.1 Å². The van der Waals surface area contributed by atoms with Crippen LogP contribution in [0, 0.1) is 5.82 Å². The van der Waals surface area contributed by atoms with E-state index in [2.05, 4.69) is 10.2 Å². The summed E-state index contributed by atoms with van der Waals surface area (Å²) in [5.74, 6) is 0.414. The number of ether oxygens (including phenoxy) is 1. The maximum atomic E-state index is 13.8. The smallest absolute Gasteiger partial charge is 0.131 e. The van der Waals surface area contributed by atoms with E-state index in [1.807, 2.05) is 34.1 Å². The number of hydrogen-bond donors (Lipinski definition) is 1. The summed E-state index contributed by atoms with van der Waals surface area (Å²) >= 11 is 0. The number of nitrogens with one attached hydrogen (secondary N) is 1. The Balaban J connectivity index is 2.67. The molecule has 0 spiro atoms. The molecule has 1 aromatic rings. The number of benzene rings is 1. The first-order valence-electron chi connectivity index (χ1n) is 6.29. The minimum absolute atomic E-state index is 0.0601. The van der Waals surface area contributed by atoms with Gasteiger partial charge in [0.2, 0.25) is 0 Å². The molecule has 0 fully saturated rings. The number of rotatable bonds is 7. The van der Waals surface area contributed by atoms with Gasteiger partial charge in [-0.3, -0.25) is 0 Å². The molecule has 0 amide bonds. The minimum atomic E-state index is -0.220. The molecule has 1 rings (SSSR count). The van der Waals surface area contributed by atoms with Crippen molar-refractivity contribution in [3.05, 3.63) is 29.6 Å². The SMILES string of the molecule is CNC(C)c1c(F)cccc1OCCCN(C)C. The summed E-state index contributed by atoms with van der Waals surface area (Å²) in [6.45, 7) is 3.49. The molecule has 1 aromatic carbocycles. The number of hydrogen-bond acceptors (Lipinski definition) is 3. The summed E-state index contributed by atoms with van der Waals surface area (Å²) in [5, 5.41) is 3.04. The summed E-state index contributed by atoms with van der Waals surface area (Å²) in [7, 11) is 5.86. The summed E-state index contributed by atoms with van der Waals surface area (Å²) in [6.07, 6.45) is 0.927. The second-order valence-corrected chi connectivity index (χ2v) is 4.67. The lowest BCUT2D eigenvalue weighted by atomic mass is 10.1. The monoisotopic (exact) mass is 254 g/mol. The van der Waals surface area contributed by atoms with Gasteiger partial charge in [0, 0.05) is 18.2 Å². The molecule has 0 heterocycles. The van der Waals surface area contributed by atoms with Crippen LogP contribution in [0.25, 0.3) is 0 Å². The second kappa shape index (κ2) is 7.34. The van der Waals surface area contributed by atoms with Gasteiger partial charge in [0.1, 0.15) is 11.6 Å². The van der Waals surface area contributed by atoms with Gasteiger partial charge in [-0.25, -0.2) is 4.39 Å². The molecule has 18 heavy (non-hydrogen) atoms.